The minimum absolute atomic E-state index is 0. The van der Waals surface area contributed by atoms with Gasteiger partial charge in [0.15, 0.2) is 0 Å². The molecule has 2 radical (unpaired) electrons. The van der Waals surface area contributed by atoms with Gasteiger partial charge in [0.05, 0.1) is 22.4 Å². The molecule has 4 aromatic heterocycles. The Bertz CT molecular complexity index is 4230. The first-order chi connectivity index (χ1) is 40.4. The summed E-state index contributed by atoms with van der Waals surface area (Å²) in [7, 11) is 0. The van der Waals surface area contributed by atoms with Gasteiger partial charge >= 0.3 is 0 Å². The van der Waals surface area contributed by atoms with E-state index < -0.39 is 0 Å². The molecule has 0 bridgehead atoms. The first-order valence-electron chi connectivity index (χ1n) is 30.7. The predicted octanol–water partition coefficient (Wildman–Crippen LogP) is 21.2. The topological polar surface area (TPSA) is 41.9 Å². The Hall–Kier alpha value is -6.93. The first-order valence-corrected chi connectivity index (χ1v) is 30.7. The van der Waals surface area contributed by atoms with Gasteiger partial charge in [0, 0.05) is 44.8 Å². The fourth-order valence-electron chi connectivity index (χ4n) is 12.7. The van der Waals surface area contributed by atoms with Crippen molar-refractivity contribution in [3.05, 3.63) is 239 Å². The summed E-state index contributed by atoms with van der Waals surface area (Å²) >= 11 is 0. The van der Waals surface area contributed by atoms with Crippen LogP contribution in [0, 0.1) is 19.4 Å². The molecule has 86 heavy (non-hydrogen) atoms. The minimum Gasteiger partial charge on any atom is -0.657 e. The van der Waals surface area contributed by atoms with Gasteiger partial charge in [-0.15, -0.1) is 22.1 Å². The number of benzene rings is 9. The second-order valence-electron chi connectivity index (χ2n) is 25.2. The zero-order valence-corrected chi connectivity index (χ0v) is 57.0. The van der Waals surface area contributed by atoms with E-state index in [4.69, 9.17) is 0 Å². The molecule has 0 atom stereocenters. The Kier molecular flexibility index (Phi) is 19.7. The largest absolute Gasteiger partial charge is 0.657 e. The Labute approximate surface area is 542 Å². The molecule has 0 fully saturated rings. The number of aromatic nitrogens is 5. The fourth-order valence-corrected chi connectivity index (χ4v) is 12.7. The first kappa shape index (κ1) is 63.6. The molecule has 448 valence electrons. The van der Waals surface area contributed by atoms with Crippen LogP contribution in [-0.4, -0.2) is 9.13 Å². The number of hydrogen-bond acceptors (Lipinski definition) is 0. The summed E-state index contributed by atoms with van der Waals surface area (Å²) in [5.41, 5.74) is 24.7. The van der Waals surface area contributed by atoms with Crippen LogP contribution in [0.1, 0.15) is 183 Å². The molecule has 0 aliphatic heterocycles. The summed E-state index contributed by atoms with van der Waals surface area (Å²) in [4.78, 5) is 9.03. The van der Waals surface area contributed by atoms with Crippen molar-refractivity contribution in [2.45, 2.75) is 145 Å². The van der Waals surface area contributed by atoms with Crippen molar-refractivity contribution in [1.82, 2.24) is 19.1 Å². The zero-order chi connectivity index (χ0) is 59.2. The van der Waals surface area contributed by atoms with Gasteiger partial charge in [0.2, 0.25) is 0 Å². The number of hydrogen-bond donors (Lipinski definition) is 0. The van der Waals surface area contributed by atoms with Crippen molar-refractivity contribution < 1.29 is 49.3 Å². The number of fused-ring (bicyclic) bond motifs is 8. The van der Waals surface area contributed by atoms with Gasteiger partial charge in [-0.05, 0) is 104 Å². The molecule has 13 aromatic rings. The number of nitrogens with zero attached hydrogens (tertiary/aromatic N) is 5. The fraction of sp³-hybridized carbons (Fsp3) is 0.278. The number of imidazole rings is 1. The maximum Gasteiger partial charge on any atom is 0.269 e. The van der Waals surface area contributed by atoms with E-state index in [1.165, 1.54) is 105 Å². The smallest absolute Gasteiger partial charge is 0.269 e. The number of para-hydroxylation sites is 7. The normalized spacial score (nSPS) is 11.7. The van der Waals surface area contributed by atoms with E-state index in [9.17, 15) is 0 Å². The monoisotopic (exact) mass is 1490 g/mol. The van der Waals surface area contributed by atoms with Gasteiger partial charge in [0.1, 0.15) is 0 Å². The van der Waals surface area contributed by atoms with Crippen LogP contribution in [0.2, 0.25) is 0 Å². The average Bonchev–Trinajstić information content (AvgIpc) is 1.96. The van der Waals surface area contributed by atoms with Gasteiger partial charge in [-0.2, -0.15) is 0 Å². The average molecular weight is 1500 g/mol. The van der Waals surface area contributed by atoms with Crippen LogP contribution in [0.15, 0.2) is 182 Å². The van der Waals surface area contributed by atoms with Gasteiger partial charge < -0.3 is 14.5 Å². The molecule has 0 N–H and O–H groups in total. The summed E-state index contributed by atoms with van der Waals surface area (Å²) in [5, 5.41) is 6.21. The summed E-state index contributed by atoms with van der Waals surface area (Å²) in [5.74, 6) is 2.36. The third-order valence-corrected chi connectivity index (χ3v) is 17.1. The third-order valence-electron chi connectivity index (χ3n) is 17.1. The molecule has 9 aromatic carbocycles. The quantitative estimate of drug-likeness (QED) is 0.0736. The molecule has 7 heteroatoms. The van der Waals surface area contributed by atoms with Gasteiger partial charge in [-0.3, -0.25) is 9.13 Å². The van der Waals surface area contributed by atoms with E-state index in [-0.39, 0.29) is 44.8 Å². The number of aryl methyl sites for hydroxylation is 1. The molecule has 0 saturated carbocycles. The molecule has 0 spiro atoms. The van der Waals surface area contributed by atoms with Gasteiger partial charge in [-0.25, -0.2) is 0 Å². The van der Waals surface area contributed by atoms with Crippen molar-refractivity contribution in [2.24, 2.45) is 0 Å². The summed E-state index contributed by atoms with van der Waals surface area (Å²) in [6.45, 7) is 34.8. The Morgan fingerprint density at radius 3 is 1.09 bits per heavy atom. The molecule has 5 nitrogen and oxygen atoms in total. The van der Waals surface area contributed by atoms with Crippen molar-refractivity contribution in [3.8, 4) is 28.2 Å². The SMILES string of the molecule is Cc1cccc(C(C)C)c1-n1[c-]c(-c2c(C(C)C)cccc2C(C)C)c2cc3c(cc21)[n+](-c1c(C(C)C)cccc1C(C)C)[c-]n3-c1c(C(C)C)cccc1C(C)C.[Au].[Au].c1ccc2c(c1)[n-]c1ccccc12.c1ccc2c(c1)[n-]c1ccccc12. The Balaban J connectivity index is 0.000000253. The van der Waals surface area contributed by atoms with Crippen molar-refractivity contribution in [3.63, 3.8) is 0 Å². The van der Waals surface area contributed by atoms with Crippen molar-refractivity contribution in [1.29, 1.82) is 0 Å². The van der Waals surface area contributed by atoms with E-state index in [2.05, 4.69) is 298 Å². The van der Waals surface area contributed by atoms with Crippen LogP contribution in [0.4, 0.5) is 0 Å². The molecular weight excluding hydrogens is 1410 g/mol. The Morgan fingerprint density at radius 1 is 0.349 bits per heavy atom. The predicted molar refractivity (Wildman–Crippen MR) is 358 cm³/mol. The van der Waals surface area contributed by atoms with Crippen LogP contribution < -0.4 is 14.5 Å². The van der Waals surface area contributed by atoms with E-state index >= 15 is 0 Å². The molecule has 0 aliphatic rings. The van der Waals surface area contributed by atoms with Crippen LogP contribution in [-0.2, 0) is 44.8 Å². The summed E-state index contributed by atoms with van der Waals surface area (Å²) in [6, 6.07) is 65.4. The molecule has 0 aliphatic carbocycles. The Morgan fingerprint density at radius 2 is 0.698 bits per heavy atom. The van der Waals surface area contributed by atoms with Crippen molar-refractivity contribution >= 4 is 65.5 Å². The molecular formula is C79H82Au2N5-3. The second-order valence-corrected chi connectivity index (χ2v) is 25.2. The molecule has 0 amide bonds. The van der Waals surface area contributed by atoms with E-state index in [1.807, 2.05) is 24.3 Å². The van der Waals surface area contributed by atoms with Crippen LogP contribution in [0.25, 0.3) is 93.7 Å². The van der Waals surface area contributed by atoms with Crippen LogP contribution in [0.5, 0.6) is 0 Å². The van der Waals surface area contributed by atoms with Gasteiger partial charge in [0.25, 0.3) is 6.33 Å². The van der Waals surface area contributed by atoms with E-state index in [0.717, 1.165) is 33.1 Å². The van der Waals surface area contributed by atoms with E-state index in [0.29, 0.717) is 41.4 Å². The van der Waals surface area contributed by atoms with Gasteiger partial charge in [-0.1, -0.05) is 323 Å². The molecule has 0 unspecified atom stereocenters. The van der Waals surface area contributed by atoms with Crippen molar-refractivity contribution in [2.75, 3.05) is 0 Å². The number of rotatable bonds is 11. The molecule has 4 heterocycles. The van der Waals surface area contributed by atoms with Crippen LogP contribution in [0.3, 0.4) is 0 Å². The maximum absolute atomic E-state index is 4.52. The summed E-state index contributed by atoms with van der Waals surface area (Å²) < 4.78 is 7.25. The second kappa shape index (κ2) is 26.6. The standard InChI is InChI=1S/C55H66N3.2C12H8N.2Au/c1-32(2)40-21-17-22-41(33(3)4)52(40)48-30-56(53-39(15)20-16-23-42(53)34(5)6)49-29-51-50(28-47(48)49)57(54-43(35(7)8)24-18-25-44(54)36(9)10)31-58(51)55-45(37(11)12)26-19-27-46(55)38(13)14;2*1-3-7-11-9(5-1)10-6-2-4-8-12(10)13-11;;/h16-29,32-38H,1-15H3;2*1-8H;;/q3*-1;;. The molecule has 0 saturated heterocycles. The maximum atomic E-state index is 4.52. The third kappa shape index (κ3) is 12.0. The van der Waals surface area contributed by atoms with Crippen LogP contribution >= 0.6 is 0 Å². The molecule has 13 rings (SSSR count). The van der Waals surface area contributed by atoms with E-state index in [1.54, 1.807) is 0 Å². The minimum atomic E-state index is 0. The zero-order valence-electron chi connectivity index (χ0n) is 52.7. The summed E-state index contributed by atoms with van der Waals surface area (Å²) in [6.07, 6.45) is 8.24.